The van der Waals surface area contributed by atoms with Crippen LogP contribution in [-0.4, -0.2) is 24.0 Å². The monoisotopic (exact) mass is 546 g/mol. The molecule has 0 aromatic heterocycles. The number of hydrogen-bond acceptors (Lipinski definition) is 7. The molecule has 0 heterocycles. The molecule has 4 rings (SSSR count). The first-order valence-electron chi connectivity index (χ1n) is 12.5. The molecule has 0 aliphatic rings. The van der Waals surface area contributed by atoms with Gasteiger partial charge in [0.15, 0.2) is 5.75 Å². The van der Waals surface area contributed by atoms with E-state index in [0.717, 1.165) is 37.0 Å². The van der Waals surface area contributed by atoms with Gasteiger partial charge >= 0.3 is 0 Å². The van der Waals surface area contributed by atoms with Crippen LogP contribution in [0.1, 0.15) is 49.0 Å². The van der Waals surface area contributed by atoms with Gasteiger partial charge in [0, 0.05) is 16.6 Å². The van der Waals surface area contributed by atoms with Crippen molar-refractivity contribution in [1.82, 2.24) is 0 Å². The molecule has 0 fully saturated rings. The Labute approximate surface area is 227 Å². The minimum atomic E-state index is -4.36. The number of hydrogen-bond donors (Lipinski definition) is 4. The number of nitrogens with zero attached hydrogens (tertiary/aromatic N) is 2. The molecule has 1 atom stereocenters. The fraction of sp³-hybridized carbons (Fsp3) is 0.207. The Kier molecular flexibility index (Phi) is 8.10. The summed E-state index contributed by atoms with van der Waals surface area (Å²) in [5, 5.41) is 23.6. The summed E-state index contributed by atoms with van der Waals surface area (Å²) < 4.78 is 31.7. The second-order valence-electron chi connectivity index (χ2n) is 9.30. The second kappa shape index (κ2) is 11.3. The topological polar surface area (TPSA) is 154 Å². The third kappa shape index (κ3) is 6.14. The van der Waals surface area contributed by atoms with Gasteiger partial charge in [-0.3, -0.25) is 9.35 Å². The van der Waals surface area contributed by atoms with E-state index in [0.29, 0.717) is 16.5 Å². The van der Waals surface area contributed by atoms with Crippen LogP contribution in [0.25, 0.3) is 10.8 Å². The number of benzene rings is 4. The minimum absolute atomic E-state index is 0.0349. The number of fused-ring (bicyclic) bond motifs is 1. The SMILES string of the molecule is CCCC(N)(CC)c1ccc(/N=N\c2c(O)c(C(=O)Nc3ccc(S(=O)(=O)O)cc3)cc3ccccc23)cc1. The quantitative estimate of drug-likeness (QED) is 0.133. The normalized spacial score (nSPS) is 13.4. The van der Waals surface area contributed by atoms with Crippen LogP contribution in [-0.2, 0) is 15.7 Å². The first-order chi connectivity index (χ1) is 18.6. The molecule has 0 saturated heterocycles. The van der Waals surface area contributed by atoms with E-state index in [4.69, 9.17) is 10.3 Å². The highest BCUT2D eigenvalue weighted by Gasteiger charge is 2.24. The molecule has 1 unspecified atom stereocenters. The number of aromatic hydroxyl groups is 1. The number of anilines is 1. The van der Waals surface area contributed by atoms with Gasteiger partial charge in [-0.15, -0.1) is 5.11 Å². The molecule has 4 aromatic rings. The Morgan fingerprint density at radius 2 is 1.64 bits per heavy atom. The van der Waals surface area contributed by atoms with Gasteiger partial charge in [-0.2, -0.15) is 13.5 Å². The highest BCUT2D eigenvalue weighted by molar-refractivity contribution is 7.85. The fourth-order valence-corrected chi connectivity index (χ4v) is 4.92. The second-order valence-corrected chi connectivity index (χ2v) is 10.7. The average molecular weight is 547 g/mol. The minimum Gasteiger partial charge on any atom is -0.505 e. The van der Waals surface area contributed by atoms with Crippen molar-refractivity contribution in [2.45, 2.75) is 43.5 Å². The predicted octanol–water partition coefficient (Wildman–Crippen LogP) is 6.82. The van der Waals surface area contributed by atoms with E-state index in [1.165, 1.54) is 12.1 Å². The van der Waals surface area contributed by atoms with E-state index >= 15 is 0 Å². The Bertz CT molecular complexity index is 1640. The van der Waals surface area contributed by atoms with Gasteiger partial charge in [-0.1, -0.05) is 56.7 Å². The van der Waals surface area contributed by atoms with Crippen molar-refractivity contribution in [2.24, 2.45) is 16.0 Å². The van der Waals surface area contributed by atoms with Crippen molar-refractivity contribution in [3.63, 3.8) is 0 Å². The van der Waals surface area contributed by atoms with Gasteiger partial charge < -0.3 is 16.2 Å². The van der Waals surface area contributed by atoms with Crippen molar-refractivity contribution in [1.29, 1.82) is 0 Å². The summed E-state index contributed by atoms with van der Waals surface area (Å²) in [7, 11) is -4.36. The molecule has 0 aliphatic carbocycles. The van der Waals surface area contributed by atoms with Crippen LogP contribution in [0, 0.1) is 0 Å². The summed E-state index contributed by atoms with van der Waals surface area (Å²) in [6.45, 7) is 4.17. The number of phenolic OH excluding ortho intramolecular Hbond substituents is 1. The Hall–Kier alpha value is -4.12. The molecule has 39 heavy (non-hydrogen) atoms. The van der Waals surface area contributed by atoms with E-state index in [-0.39, 0.29) is 27.6 Å². The van der Waals surface area contributed by atoms with Crippen LogP contribution in [0.5, 0.6) is 5.75 Å². The Balaban J connectivity index is 1.66. The van der Waals surface area contributed by atoms with Crippen LogP contribution in [0.3, 0.4) is 0 Å². The highest BCUT2D eigenvalue weighted by Crippen LogP contribution is 2.40. The highest BCUT2D eigenvalue weighted by atomic mass is 32.2. The number of nitrogens with two attached hydrogens (primary N) is 1. The summed E-state index contributed by atoms with van der Waals surface area (Å²) in [5.74, 6) is -0.982. The smallest absolute Gasteiger partial charge is 0.294 e. The largest absolute Gasteiger partial charge is 0.505 e. The lowest BCUT2D eigenvalue weighted by molar-refractivity contribution is 0.102. The number of amides is 1. The summed E-state index contributed by atoms with van der Waals surface area (Å²) in [6, 6.07) is 21.2. The van der Waals surface area contributed by atoms with E-state index in [9.17, 15) is 18.3 Å². The number of azo groups is 1. The Morgan fingerprint density at radius 1 is 0.974 bits per heavy atom. The van der Waals surface area contributed by atoms with E-state index < -0.39 is 21.6 Å². The van der Waals surface area contributed by atoms with Gasteiger partial charge in [0.25, 0.3) is 16.0 Å². The van der Waals surface area contributed by atoms with E-state index in [2.05, 4.69) is 29.4 Å². The van der Waals surface area contributed by atoms with Crippen molar-refractivity contribution < 1.29 is 22.9 Å². The van der Waals surface area contributed by atoms with Crippen LogP contribution in [0.15, 0.2) is 94.0 Å². The maximum Gasteiger partial charge on any atom is 0.294 e. The summed E-state index contributed by atoms with van der Waals surface area (Å²) in [6.07, 6.45) is 2.64. The number of carbonyl (C=O) groups is 1. The molecule has 4 aromatic carbocycles. The molecule has 10 heteroatoms. The molecule has 202 valence electrons. The van der Waals surface area contributed by atoms with Crippen LogP contribution >= 0.6 is 0 Å². The molecule has 5 N–H and O–H groups in total. The summed E-state index contributed by atoms with van der Waals surface area (Å²) in [4.78, 5) is 12.8. The number of phenols is 1. The van der Waals surface area contributed by atoms with Gasteiger partial charge in [-0.05, 0) is 66.3 Å². The maximum atomic E-state index is 13.1. The molecule has 9 nitrogen and oxygen atoms in total. The molecular formula is C29H30N4O5S. The van der Waals surface area contributed by atoms with E-state index in [1.807, 2.05) is 24.3 Å². The van der Waals surface area contributed by atoms with Gasteiger partial charge in [0.1, 0.15) is 5.69 Å². The summed E-state index contributed by atoms with van der Waals surface area (Å²) >= 11 is 0. The van der Waals surface area contributed by atoms with Crippen molar-refractivity contribution in [3.8, 4) is 5.75 Å². The average Bonchev–Trinajstić information content (AvgIpc) is 2.92. The lowest BCUT2D eigenvalue weighted by Gasteiger charge is -2.28. The lowest BCUT2D eigenvalue weighted by atomic mass is 9.84. The molecular weight excluding hydrogens is 516 g/mol. The standard InChI is InChI=1S/C29H30N4O5S/c1-3-17-29(30,4-2)20-9-11-22(12-10-20)32-33-26-24-8-6-5-7-19(24)18-25(27(26)34)28(35)31-21-13-15-23(16-14-21)39(36,37)38/h5-16,18,34H,3-4,17,30H2,1-2H3,(H,31,35)(H,36,37,38)/b33-32-. The number of rotatable bonds is 9. The van der Waals surface area contributed by atoms with Gasteiger partial charge in [0.2, 0.25) is 0 Å². The van der Waals surface area contributed by atoms with Gasteiger partial charge in [0.05, 0.1) is 16.1 Å². The van der Waals surface area contributed by atoms with Crippen molar-refractivity contribution in [2.75, 3.05) is 5.32 Å². The zero-order chi connectivity index (χ0) is 28.2. The molecule has 0 aliphatic heterocycles. The zero-order valence-corrected chi connectivity index (χ0v) is 22.4. The first-order valence-corrected chi connectivity index (χ1v) is 13.9. The molecule has 0 radical (unpaired) electrons. The number of nitrogens with one attached hydrogen (secondary N) is 1. The predicted molar refractivity (Wildman–Crippen MR) is 152 cm³/mol. The number of carbonyl (C=O) groups excluding carboxylic acids is 1. The maximum absolute atomic E-state index is 13.1. The molecule has 0 spiro atoms. The van der Waals surface area contributed by atoms with Crippen LogP contribution in [0.4, 0.5) is 17.1 Å². The van der Waals surface area contributed by atoms with Crippen LogP contribution in [0.2, 0.25) is 0 Å². The fourth-order valence-electron chi connectivity index (χ4n) is 4.44. The lowest BCUT2D eigenvalue weighted by Crippen LogP contribution is -2.35. The summed E-state index contributed by atoms with van der Waals surface area (Å²) in [5.41, 5.74) is 8.13. The van der Waals surface area contributed by atoms with Gasteiger partial charge in [-0.25, -0.2) is 0 Å². The van der Waals surface area contributed by atoms with E-state index in [1.54, 1.807) is 30.3 Å². The Morgan fingerprint density at radius 3 is 2.26 bits per heavy atom. The zero-order valence-electron chi connectivity index (χ0n) is 21.6. The van der Waals surface area contributed by atoms with Crippen LogP contribution < -0.4 is 11.1 Å². The molecule has 1 amide bonds. The molecule has 0 bridgehead atoms. The molecule has 0 saturated carbocycles. The van der Waals surface area contributed by atoms with Crippen molar-refractivity contribution >= 4 is 43.9 Å². The first kappa shape index (κ1) is 27.9. The third-order valence-electron chi connectivity index (χ3n) is 6.68. The van der Waals surface area contributed by atoms with Crippen molar-refractivity contribution in [3.05, 3.63) is 90.0 Å². The third-order valence-corrected chi connectivity index (χ3v) is 7.55.